The molecule has 0 saturated carbocycles. The maximum Gasteiger partial charge on any atom is 0.573 e. The molecule has 19 heavy (non-hydrogen) atoms. The summed E-state index contributed by atoms with van der Waals surface area (Å²) in [6.07, 6.45) is -3.94. The van der Waals surface area contributed by atoms with E-state index in [0.717, 1.165) is 0 Å². The second kappa shape index (κ2) is 5.46. The van der Waals surface area contributed by atoms with E-state index in [-0.39, 0.29) is 11.9 Å². The number of ether oxygens (including phenoxy) is 1. The van der Waals surface area contributed by atoms with E-state index >= 15 is 0 Å². The zero-order valence-electron chi connectivity index (χ0n) is 9.95. The summed E-state index contributed by atoms with van der Waals surface area (Å²) >= 11 is 6.00. The summed E-state index contributed by atoms with van der Waals surface area (Å²) in [5.74, 6) is -0.293. The molecule has 1 N–H and O–H groups in total. The summed E-state index contributed by atoms with van der Waals surface area (Å²) < 4.78 is 40.4. The zero-order chi connectivity index (χ0) is 14.0. The van der Waals surface area contributed by atoms with Gasteiger partial charge in [-0.05, 0) is 25.0 Å². The highest BCUT2D eigenvalue weighted by Crippen LogP contribution is 2.34. The van der Waals surface area contributed by atoms with Gasteiger partial charge in [-0.1, -0.05) is 11.6 Å². The largest absolute Gasteiger partial charge is 0.573 e. The van der Waals surface area contributed by atoms with E-state index in [1.54, 1.807) is 0 Å². The van der Waals surface area contributed by atoms with Crippen molar-refractivity contribution in [1.82, 2.24) is 0 Å². The number of aliphatic hydroxyl groups is 1. The number of hydrogen-bond donors (Lipinski definition) is 1. The normalized spacial score (nSPS) is 17.6. The molecule has 0 atom stereocenters. The Bertz CT molecular complexity index is 445. The molecule has 1 aromatic carbocycles. The van der Waals surface area contributed by atoms with Crippen LogP contribution >= 0.6 is 11.6 Å². The molecule has 0 aliphatic carbocycles. The van der Waals surface area contributed by atoms with Crippen molar-refractivity contribution in [3.8, 4) is 5.75 Å². The molecule has 1 aromatic rings. The minimum Gasteiger partial charge on any atom is -0.406 e. The second-order valence-electron chi connectivity index (χ2n) is 4.38. The van der Waals surface area contributed by atoms with Gasteiger partial charge in [0, 0.05) is 19.2 Å². The Morgan fingerprint density at radius 1 is 1.26 bits per heavy atom. The van der Waals surface area contributed by atoms with E-state index in [1.807, 2.05) is 4.90 Å². The fourth-order valence-electron chi connectivity index (χ4n) is 2.04. The standard InChI is InChI=1S/C12H13ClF3NO2/c13-10-2-1-9(19-12(14,15)16)7-11(10)17-5-3-8(18)4-6-17/h1-2,7-8,18H,3-6H2. The number of anilines is 1. The van der Waals surface area contributed by atoms with Gasteiger partial charge in [-0.15, -0.1) is 13.2 Å². The average molecular weight is 296 g/mol. The van der Waals surface area contributed by atoms with Crippen molar-refractivity contribution >= 4 is 17.3 Å². The van der Waals surface area contributed by atoms with Gasteiger partial charge in [0.25, 0.3) is 0 Å². The van der Waals surface area contributed by atoms with Crippen LogP contribution in [0.2, 0.25) is 5.02 Å². The van der Waals surface area contributed by atoms with Gasteiger partial charge in [-0.25, -0.2) is 0 Å². The fourth-order valence-corrected chi connectivity index (χ4v) is 2.28. The van der Waals surface area contributed by atoms with Crippen LogP contribution < -0.4 is 9.64 Å². The molecule has 1 heterocycles. The van der Waals surface area contributed by atoms with E-state index in [2.05, 4.69) is 4.74 Å². The van der Waals surface area contributed by atoms with Gasteiger partial charge in [-0.2, -0.15) is 0 Å². The van der Waals surface area contributed by atoms with Crippen LogP contribution in [-0.2, 0) is 0 Å². The minimum absolute atomic E-state index is 0.293. The Hall–Kier alpha value is -1.14. The molecular weight excluding hydrogens is 283 g/mol. The molecule has 106 valence electrons. The Labute approximate surface area is 113 Å². The molecule has 1 fully saturated rings. The van der Waals surface area contributed by atoms with E-state index in [4.69, 9.17) is 11.6 Å². The predicted octanol–water partition coefficient (Wildman–Crippen LogP) is 3.20. The topological polar surface area (TPSA) is 32.7 Å². The first-order valence-electron chi connectivity index (χ1n) is 5.83. The van der Waals surface area contributed by atoms with Gasteiger partial charge in [0.1, 0.15) is 5.75 Å². The first kappa shape index (κ1) is 14.3. The first-order valence-corrected chi connectivity index (χ1v) is 6.21. The minimum atomic E-state index is -4.72. The summed E-state index contributed by atoms with van der Waals surface area (Å²) in [5.41, 5.74) is 0.496. The van der Waals surface area contributed by atoms with Gasteiger partial charge in [-0.3, -0.25) is 0 Å². The van der Waals surface area contributed by atoms with Crippen LogP contribution in [0.4, 0.5) is 18.9 Å². The number of nitrogens with zero attached hydrogens (tertiary/aromatic N) is 1. The summed E-state index contributed by atoms with van der Waals surface area (Å²) in [5, 5.41) is 9.78. The van der Waals surface area contributed by atoms with Crippen molar-refractivity contribution in [2.24, 2.45) is 0 Å². The summed E-state index contributed by atoms with van der Waals surface area (Å²) in [7, 11) is 0. The number of hydrogen-bond acceptors (Lipinski definition) is 3. The molecule has 0 unspecified atom stereocenters. The molecule has 0 radical (unpaired) electrons. The molecule has 0 spiro atoms. The van der Waals surface area contributed by atoms with E-state index in [9.17, 15) is 18.3 Å². The molecule has 1 aliphatic rings. The Morgan fingerprint density at radius 3 is 2.47 bits per heavy atom. The summed E-state index contributed by atoms with van der Waals surface area (Å²) in [6.45, 7) is 1.10. The summed E-state index contributed by atoms with van der Waals surface area (Å²) in [4.78, 5) is 1.85. The van der Waals surface area contributed by atoms with Gasteiger partial charge >= 0.3 is 6.36 Å². The first-order chi connectivity index (χ1) is 8.85. The van der Waals surface area contributed by atoms with Crippen molar-refractivity contribution in [3.05, 3.63) is 23.2 Å². The lowest BCUT2D eigenvalue weighted by molar-refractivity contribution is -0.274. The van der Waals surface area contributed by atoms with Crippen molar-refractivity contribution < 1.29 is 23.0 Å². The molecule has 7 heteroatoms. The molecule has 3 nitrogen and oxygen atoms in total. The molecule has 0 amide bonds. The van der Waals surface area contributed by atoms with Crippen LogP contribution in [0.15, 0.2) is 18.2 Å². The van der Waals surface area contributed by atoms with Crippen molar-refractivity contribution in [3.63, 3.8) is 0 Å². The van der Waals surface area contributed by atoms with Crippen LogP contribution in [0.25, 0.3) is 0 Å². The SMILES string of the molecule is OC1CCN(c2cc(OC(F)(F)F)ccc2Cl)CC1. The Kier molecular flexibility index (Phi) is 4.10. The molecule has 2 rings (SSSR count). The zero-order valence-corrected chi connectivity index (χ0v) is 10.7. The molecule has 1 saturated heterocycles. The number of benzene rings is 1. The van der Waals surface area contributed by atoms with Crippen molar-refractivity contribution in [2.75, 3.05) is 18.0 Å². The fraction of sp³-hybridized carbons (Fsp3) is 0.500. The molecule has 0 bridgehead atoms. The van der Waals surface area contributed by atoms with Crippen LogP contribution in [-0.4, -0.2) is 30.7 Å². The average Bonchev–Trinajstić information content (AvgIpc) is 2.31. The maximum absolute atomic E-state index is 12.2. The second-order valence-corrected chi connectivity index (χ2v) is 4.79. The number of halogens is 4. The van der Waals surface area contributed by atoms with Gasteiger partial charge in [0.2, 0.25) is 0 Å². The number of rotatable bonds is 2. The van der Waals surface area contributed by atoms with Crippen molar-refractivity contribution in [2.45, 2.75) is 25.3 Å². The van der Waals surface area contributed by atoms with Gasteiger partial charge < -0.3 is 14.7 Å². The lowest BCUT2D eigenvalue weighted by Crippen LogP contribution is -2.36. The highest BCUT2D eigenvalue weighted by molar-refractivity contribution is 6.33. The highest BCUT2D eigenvalue weighted by atomic mass is 35.5. The van der Waals surface area contributed by atoms with Gasteiger partial charge in [0.15, 0.2) is 0 Å². The third-order valence-electron chi connectivity index (χ3n) is 2.96. The highest BCUT2D eigenvalue weighted by Gasteiger charge is 2.31. The van der Waals surface area contributed by atoms with Crippen LogP contribution in [0, 0.1) is 0 Å². The van der Waals surface area contributed by atoms with Crippen LogP contribution in [0.3, 0.4) is 0 Å². The molecule has 0 aromatic heterocycles. The van der Waals surface area contributed by atoms with E-state index < -0.39 is 6.36 Å². The van der Waals surface area contributed by atoms with E-state index in [1.165, 1.54) is 18.2 Å². The lowest BCUT2D eigenvalue weighted by Gasteiger charge is -2.32. The Balaban J connectivity index is 2.17. The summed E-state index contributed by atoms with van der Waals surface area (Å²) in [6, 6.07) is 3.83. The van der Waals surface area contributed by atoms with Crippen molar-refractivity contribution in [1.29, 1.82) is 0 Å². The van der Waals surface area contributed by atoms with E-state index in [0.29, 0.717) is 36.6 Å². The van der Waals surface area contributed by atoms with Gasteiger partial charge in [0.05, 0.1) is 16.8 Å². The lowest BCUT2D eigenvalue weighted by atomic mass is 10.1. The smallest absolute Gasteiger partial charge is 0.406 e. The number of aliphatic hydroxyl groups excluding tert-OH is 1. The quantitative estimate of drug-likeness (QED) is 0.909. The monoisotopic (exact) mass is 295 g/mol. The number of piperidine rings is 1. The predicted molar refractivity (Wildman–Crippen MR) is 65.6 cm³/mol. The maximum atomic E-state index is 12.2. The van der Waals surface area contributed by atoms with Crippen LogP contribution in [0.5, 0.6) is 5.75 Å². The molecule has 1 aliphatic heterocycles. The third kappa shape index (κ3) is 3.91. The number of alkyl halides is 3. The Morgan fingerprint density at radius 2 is 1.89 bits per heavy atom. The molecular formula is C12H13ClF3NO2. The van der Waals surface area contributed by atoms with Crippen LogP contribution in [0.1, 0.15) is 12.8 Å². The third-order valence-corrected chi connectivity index (χ3v) is 3.28.